The van der Waals surface area contributed by atoms with Gasteiger partial charge in [0.05, 0.1) is 33.5 Å². The van der Waals surface area contributed by atoms with Gasteiger partial charge in [-0.05, 0) is 36.4 Å². The Labute approximate surface area is 145 Å². The van der Waals surface area contributed by atoms with E-state index in [1.165, 1.54) is 24.3 Å². The third-order valence-electron chi connectivity index (χ3n) is 3.12. The number of anilines is 1. The van der Waals surface area contributed by atoms with Crippen molar-refractivity contribution in [1.82, 2.24) is 5.43 Å². The third kappa shape index (κ3) is 4.19. The van der Waals surface area contributed by atoms with Gasteiger partial charge in [0.15, 0.2) is 0 Å². The molecule has 0 saturated carbocycles. The highest BCUT2D eigenvalue weighted by molar-refractivity contribution is 6.32. The third-order valence-corrected chi connectivity index (χ3v) is 3.43. The molecule has 0 saturated heterocycles. The van der Waals surface area contributed by atoms with Crippen molar-refractivity contribution in [3.05, 3.63) is 63.7 Å². The summed E-state index contributed by atoms with van der Waals surface area (Å²) in [5.41, 5.74) is 2.84. The Morgan fingerprint density at radius 1 is 1.08 bits per heavy atom. The zero-order valence-corrected chi connectivity index (χ0v) is 13.0. The molecule has 0 aliphatic heterocycles. The Balaban J connectivity index is 2.21. The van der Waals surface area contributed by atoms with Crippen LogP contribution < -0.4 is 10.9 Å². The Morgan fingerprint density at radius 3 is 2.36 bits per heavy atom. The molecule has 0 heterocycles. The van der Waals surface area contributed by atoms with Gasteiger partial charge < -0.3 is 0 Å². The average Bonchev–Trinajstić information content (AvgIpc) is 2.58. The molecule has 0 atom stereocenters. The fourth-order valence-corrected chi connectivity index (χ4v) is 2.12. The number of amides is 1. The van der Waals surface area contributed by atoms with Crippen LogP contribution in [0.3, 0.4) is 0 Å². The van der Waals surface area contributed by atoms with E-state index in [1.807, 2.05) is 6.07 Å². The van der Waals surface area contributed by atoms with Gasteiger partial charge >= 0.3 is 6.18 Å². The maximum Gasteiger partial charge on any atom is 0.418 e. The monoisotopic (exact) mass is 364 g/mol. The molecule has 25 heavy (non-hydrogen) atoms. The molecule has 0 aliphatic rings. The summed E-state index contributed by atoms with van der Waals surface area (Å²) in [4.78, 5) is 12.0. The number of hydrogen-bond donors (Lipinski definition) is 2. The number of hydrazine groups is 1. The van der Waals surface area contributed by atoms with E-state index in [4.69, 9.17) is 22.1 Å². The van der Waals surface area contributed by atoms with E-state index in [9.17, 15) is 18.0 Å². The number of benzene rings is 2. The second-order valence-corrected chi connectivity index (χ2v) is 5.16. The van der Waals surface area contributed by atoms with Crippen LogP contribution in [0.4, 0.5) is 18.9 Å². The topological polar surface area (TPSA) is 88.7 Å². The molecule has 2 N–H and O–H groups in total. The summed E-state index contributed by atoms with van der Waals surface area (Å²) in [7, 11) is 0. The van der Waals surface area contributed by atoms with Gasteiger partial charge in [-0.2, -0.15) is 23.7 Å². The van der Waals surface area contributed by atoms with Crippen LogP contribution in [0.5, 0.6) is 0 Å². The van der Waals surface area contributed by atoms with Crippen molar-refractivity contribution in [2.75, 3.05) is 5.43 Å². The molecule has 9 heteroatoms. The van der Waals surface area contributed by atoms with Gasteiger partial charge in [0, 0.05) is 5.56 Å². The van der Waals surface area contributed by atoms with Crippen molar-refractivity contribution >= 4 is 23.2 Å². The predicted octanol–water partition coefficient (Wildman–Crippen LogP) is 3.86. The molecule has 0 aromatic heterocycles. The van der Waals surface area contributed by atoms with E-state index in [0.717, 1.165) is 6.07 Å². The standard InChI is InChI=1S/C16H8ClF3N4O/c17-13-6-10(2-3-11(13)8-22)15(25)24-23-14-4-1-9(7-21)5-12(14)16(18,19)20/h1-6,23H,(H,24,25). The van der Waals surface area contributed by atoms with Crippen LogP contribution in [0.1, 0.15) is 27.0 Å². The number of nitrogens with zero attached hydrogens (tertiary/aromatic N) is 2. The minimum Gasteiger partial charge on any atom is -0.298 e. The van der Waals surface area contributed by atoms with Crippen molar-refractivity contribution < 1.29 is 18.0 Å². The van der Waals surface area contributed by atoms with Gasteiger partial charge in [0.2, 0.25) is 0 Å². The lowest BCUT2D eigenvalue weighted by molar-refractivity contribution is -0.137. The highest BCUT2D eigenvalue weighted by Crippen LogP contribution is 2.35. The van der Waals surface area contributed by atoms with Crippen molar-refractivity contribution in [2.24, 2.45) is 0 Å². The summed E-state index contributed by atoms with van der Waals surface area (Å²) in [6.07, 6.45) is -4.71. The molecule has 0 radical (unpaired) electrons. The molecule has 0 fully saturated rings. The van der Waals surface area contributed by atoms with Gasteiger partial charge in [0.1, 0.15) is 6.07 Å². The van der Waals surface area contributed by atoms with Crippen LogP contribution in [-0.2, 0) is 6.18 Å². The predicted molar refractivity (Wildman–Crippen MR) is 83.4 cm³/mol. The summed E-state index contributed by atoms with van der Waals surface area (Å²) in [5, 5.41) is 17.5. The molecular weight excluding hydrogens is 357 g/mol. The van der Waals surface area contributed by atoms with E-state index in [2.05, 4.69) is 10.9 Å². The van der Waals surface area contributed by atoms with Gasteiger partial charge in [0.25, 0.3) is 5.91 Å². The first-order valence-electron chi connectivity index (χ1n) is 6.63. The van der Waals surface area contributed by atoms with E-state index in [-0.39, 0.29) is 21.7 Å². The number of alkyl halides is 3. The first kappa shape index (κ1) is 18.1. The zero-order valence-electron chi connectivity index (χ0n) is 12.3. The Hall–Kier alpha value is -3.23. The number of halogens is 4. The molecule has 0 spiro atoms. The molecular formula is C16H8ClF3N4O. The van der Waals surface area contributed by atoms with Crippen LogP contribution in [0.15, 0.2) is 36.4 Å². The van der Waals surface area contributed by atoms with Crippen LogP contribution >= 0.6 is 11.6 Å². The number of carbonyl (C=O) groups excluding carboxylic acids is 1. The highest BCUT2D eigenvalue weighted by atomic mass is 35.5. The largest absolute Gasteiger partial charge is 0.418 e. The molecule has 0 aliphatic carbocycles. The molecule has 2 aromatic carbocycles. The average molecular weight is 365 g/mol. The van der Waals surface area contributed by atoms with Gasteiger partial charge in [-0.3, -0.25) is 15.6 Å². The summed E-state index contributed by atoms with van der Waals surface area (Å²) in [6, 6.07) is 10.2. The van der Waals surface area contributed by atoms with Gasteiger partial charge in [-0.1, -0.05) is 11.6 Å². The number of nitriles is 2. The minimum atomic E-state index is -4.71. The van der Waals surface area contributed by atoms with Crippen molar-refractivity contribution in [3.63, 3.8) is 0 Å². The number of rotatable bonds is 3. The molecule has 2 aromatic rings. The van der Waals surface area contributed by atoms with Crippen LogP contribution in [0.2, 0.25) is 5.02 Å². The second-order valence-electron chi connectivity index (χ2n) is 4.76. The second kappa shape index (κ2) is 7.12. The smallest absolute Gasteiger partial charge is 0.298 e. The molecule has 0 unspecified atom stereocenters. The Kier molecular flexibility index (Phi) is 5.16. The number of hydrogen-bond acceptors (Lipinski definition) is 4. The van der Waals surface area contributed by atoms with E-state index in [1.54, 1.807) is 6.07 Å². The van der Waals surface area contributed by atoms with E-state index in [0.29, 0.717) is 6.07 Å². The fourth-order valence-electron chi connectivity index (χ4n) is 1.90. The van der Waals surface area contributed by atoms with Crippen molar-refractivity contribution in [2.45, 2.75) is 6.18 Å². The molecule has 2 rings (SSSR count). The van der Waals surface area contributed by atoms with Crippen molar-refractivity contribution in [1.29, 1.82) is 10.5 Å². The van der Waals surface area contributed by atoms with Crippen LogP contribution in [-0.4, -0.2) is 5.91 Å². The van der Waals surface area contributed by atoms with Crippen molar-refractivity contribution in [3.8, 4) is 12.1 Å². The molecule has 1 amide bonds. The number of nitrogens with one attached hydrogen (secondary N) is 2. The normalized spacial score (nSPS) is 10.5. The maximum absolute atomic E-state index is 13.0. The molecule has 5 nitrogen and oxygen atoms in total. The van der Waals surface area contributed by atoms with Gasteiger partial charge in [-0.25, -0.2) is 0 Å². The molecule has 0 bridgehead atoms. The van der Waals surface area contributed by atoms with Crippen LogP contribution in [0.25, 0.3) is 0 Å². The lowest BCUT2D eigenvalue weighted by atomic mass is 10.1. The summed E-state index contributed by atoms with van der Waals surface area (Å²) in [5.74, 6) is -0.746. The Bertz CT molecular complexity index is 913. The first-order valence-corrected chi connectivity index (χ1v) is 7.01. The van der Waals surface area contributed by atoms with E-state index < -0.39 is 23.3 Å². The zero-order chi connectivity index (χ0) is 18.6. The quantitative estimate of drug-likeness (QED) is 0.809. The minimum absolute atomic E-state index is 0.0458. The molecule has 126 valence electrons. The first-order chi connectivity index (χ1) is 11.8. The Morgan fingerprint density at radius 2 is 1.80 bits per heavy atom. The highest BCUT2D eigenvalue weighted by Gasteiger charge is 2.34. The van der Waals surface area contributed by atoms with Gasteiger partial charge in [-0.15, -0.1) is 0 Å². The van der Waals surface area contributed by atoms with E-state index >= 15 is 0 Å². The summed E-state index contributed by atoms with van der Waals surface area (Å²) >= 11 is 5.81. The fraction of sp³-hybridized carbons (Fsp3) is 0.0625. The van der Waals surface area contributed by atoms with Crippen LogP contribution in [0, 0.1) is 22.7 Å². The SMILES string of the molecule is N#Cc1ccc(NNC(=O)c2ccc(C#N)c(Cl)c2)c(C(F)(F)F)c1. The lowest BCUT2D eigenvalue weighted by Crippen LogP contribution is -2.30. The lowest BCUT2D eigenvalue weighted by Gasteiger charge is -2.15. The number of carbonyl (C=O) groups is 1. The summed E-state index contributed by atoms with van der Waals surface area (Å²) in [6.45, 7) is 0. The summed E-state index contributed by atoms with van der Waals surface area (Å²) < 4.78 is 39.1. The maximum atomic E-state index is 13.0.